The summed E-state index contributed by atoms with van der Waals surface area (Å²) in [6.07, 6.45) is 5.66. The number of ether oxygens (including phenoxy) is 2. The van der Waals surface area contributed by atoms with Gasteiger partial charge in [0.25, 0.3) is 0 Å². The van der Waals surface area contributed by atoms with Crippen molar-refractivity contribution in [2.24, 2.45) is 0 Å². The van der Waals surface area contributed by atoms with Gasteiger partial charge in [0.1, 0.15) is 11.5 Å². The van der Waals surface area contributed by atoms with Gasteiger partial charge in [0, 0.05) is 30.1 Å². The van der Waals surface area contributed by atoms with E-state index in [0.717, 1.165) is 29.9 Å². The molecule has 1 aromatic heterocycles. The van der Waals surface area contributed by atoms with Crippen LogP contribution in [-0.2, 0) is 6.42 Å². The molecule has 1 atom stereocenters. The van der Waals surface area contributed by atoms with E-state index in [4.69, 9.17) is 9.47 Å². The lowest BCUT2D eigenvalue weighted by molar-refractivity contribution is 0.384. The molecule has 1 heterocycles. The van der Waals surface area contributed by atoms with Gasteiger partial charge >= 0.3 is 0 Å². The monoisotopic (exact) mass is 286 g/mol. The lowest BCUT2D eigenvalue weighted by Crippen LogP contribution is -2.18. The zero-order chi connectivity index (χ0) is 15.1. The summed E-state index contributed by atoms with van der Waals surface area (Å²) in [5, 5.41) is 3.36. The second-order valence-corrected chi connectivity index (χ2v) is 4.85. The van der Waals surface area contributed by atoms with Crippen LogP contribution in [0.2, 0.25) is 0 Å². The molecule has 1 unspecified atom stereocenters. The molecule has 0 saturated carbocycles. The van der Waals surface area contributed by atoms with E-state index in [2.05, 4.69) is 22.4 Å². The Balaban J connectivity index is 2.13. The first-order chi connectivity index (χ1) is 10.3. The van der Waals surface area contributed by atoms with E-state index in [0.29, 0.717) is 0 Å². The Kier molecular flexibility index (Phi) is 5.58. The summed E-state index contributed by atoms with van der Waals surface area (Å²) in [6, 6.07) is 10.2. The molecule has 0 bridgehead atoms. The number of hydrogen-bond donors (Lipinski definition) is 1. The number of benzene rings is 1. The average molecular weight is 286 g/mol. The third kappa shape index (κ3) is 3.95. The number of nitrogens with zero attached hydrogens (tertiary/aromatic N) is 1. The highest BCUT2D eigenvalue weighted by atomic mass is 16.5. The van der Waals surface area contributed by atoms with E-state index in [9.17, 15) is 0 Å². The molecule has 2 rings (SSSR count). The minimum Gasteiger partial charge on any atom is -0.497 e. The molecule has 1 aromatic carbocycles. The van der Waals surface area contributed by atoms with Crippen LogP contribution in [0.3, 0.4) is 0 Å². The standard InChI is InChI=1S/C17H22N2O2/c1-18-16(9-6-13-5-4-10-19-12-13)15-8-7-14(20-2)11-17(15)21-3/h4-5,7-8,10-12,16,18H,6,9H2,1-3H3. The molecular weight excluding hydrogens is 264 g/mol. The van der Waals surface area contributed by atoms with E-state index >= 15 is 0 Å². The summed E-state index contributed by atoms with van der Waals surface area (Å²) >= 11 is 0. The van der Waals surface area contributed by atoms with Crippen molar-refractivity contribution in [1.29, 1.82) is 0 Å². The third-order valence-corrected chi connectivity index (χ3v) is 3.61. The summed E-state index contributed by atoms with van der Waals surface area (Å²) < 4.78 is 10.7. The summed E-state index contributed by atoms with van der Waals surface area (Å²) in [5.41, 5.74) is 2.38. The summed E-state index contributed by atoms with van der Waals surface area (Å²) in [4.78, 5) is 4.16. The van der Waals surface area contributed by atoms with Crippen LogP contribution in [0.25, 0.3) is 0 Å². The number of rotatable bonds is 7. The zero-order valence-electron chi connectivity index (χ0n) is 12.8. The van der Waals surface area contributed by atoms with Gasteiger partial charge in [0.2, 0.25) is 0 Å². The summed E-state index contributed by atoms with van der Waals surface area (Å²) in [7, 11) is 5.32. The van der Waals surface area contributed by atoms with Gasteiger partial charge in [-0.1, -0.05) is 12.1 Å². The van der Waals surface area contributed by atoms with Crippen molar-refractivity contribution in [2.45, 2.75) is 18.9 Å². The fourth-order valence-electron chi connectivity index (χ4n) is 2.42. The highest BCUT2D eigenvalue weighted by molar-refractivity contribution is 5.42. The molecule has 1 N–H and O–H groups in total. The summed E-state index contributed by atoms with van der Waals surface area (Å²) in [6.45, 7) is 0. The molecule has 0 aliphatic rings. The van der Waals surface area contributed by atoms with E-state index in [-0.39, 0.29) is 6.04 Å². The maximum atomic E-state index is 5.49. The number of hydrogen-bond acceptors (Lipinski definition) is 4. The molecule has 0 amide bonds. The number of methoxy groups -OCH3 is 2. The number of aryl methyl sites for hydroxylation is 1. The first-order valence-corrected chi connectivity index (χ1v) is 7.06. The van der Waals surface area contributed by atoms with Crippen molar-refractivity contribution in [3.63, 3.8) is 0 Å². The quantitative estimate of drug-likeness (QED) is 0.849. The second kappa shape index (κ2) is 7.64. The summed E-state index contributed by atoms with van der Waals surface area (Å²) in [5.74, 6) is 1.65. The van der Waals surface area contributed by atoms with E-state index in [1.165, 1.54) is 5.56 Å². The van der Waals surface area contributed by atoms with Crippen LogP contribution >= 0.6 is 0 Å². The van der Waals surface area contributed by atoms with Gasteiger partial charge in [0.15, 0.2) is 0 Å². The normalized spacial score (nSPS) is 12.0. The Morgan fingerprint density at radius 2 is 2.05 bits per heavy atom. The van der Waals surface area contributed by atoms with E-state index < -0.39 is 0 Å². The average Bonchev–Trinajstić information content (AvgIpc) is 2.56. The molecule has 112 valence electrons. The van der Waals surface area contributed by atoms with Gasteiger partial charge in [-0.2, -0.15) is 0 Å². The molecule has 0 spiro atoms. The molecular formula is C17H22N2O2. The van der Waals surface area contributed by atoms with Crippen LogP contribution in [0, 0.1) is 0 Å². The smallest absolute Gasteiger partial charge is 0.127 e. The predicted molar refractivity (Wildman–Crippen MR) is 83.9 cm³/mol. The SMILES string of the molecule is CNC(CCc1cccnc1)c1ccc(OC)cc1OC. The van der Waals surface area contributed by atoms with Gasteiger partial charge in [-0.05, 0) is 37.6 Å². The minimum atomic E-state index is 0.228. The van der Waals surface area contributed by atoms with Gasteiger partial charge in [-0.15, -0.1) is 0 Å². The van der Waals surface area contributed by atoms with Crippen LogP contribution in [0.15, 0.2) is 42.7 Å². The molecule has 21 heavy (non-hydrogen) atoms. The molecule has 0 aliphatic heterocycles. The van der Waals surface area contributed by atoms with Crippen molar-refractivity contribution in [2.75, 3.05) is 21.3 Å². The number of aromatic nitrogens is 1. The number of pyridine rings is 1. The van der Waals surface area contributed by atoms with Crippen LogP contribution in [0.5, 0.6) is 11.5 Å². The van der Waals surface area contributed by atoms with Gasteiger partial charge < -0.3 is 14.8 Å². The maximum Gasteiger partial charge on any atom is 0.127 e. The van der Waals surface area contributed by atoms with Crippen LogP contribution < -0.4 is 14.8 Å². The van der Waals surface area contributed by atoms with E-state index in [1.54, 1.807) is 20.4 Å². The van der Waals surface area contributed by atoms with Crippen LogP contribution in [0.4, 0.5) is 0 Å². The lowest BCUT2D eigenvalue weighted by Gasteiger charge is -2.20. The first kappa shape index (κ1) is 15.3. The zero-order valence-corrected chi connectivity index (χ0v) is 12.8. The van der Waals surface area contributed by atoms with Crippen LogP contribution in [-0.4, -0.2) is 26.3 Å². The Morgan fingerprint density at radius 1 is 1.19 bits per heavy atom. The van der Waals surface area contributed by atoms with Crippen molar-refractivity contribution in [3.8, 4) is 11.5 Å². The molecule has 2 aromatic rings. The Labute approximate surface area is 126 Å². The Morgan fingerprint density at radius 3 is 2.67 bits per heavy atom. The van der Waals surface area contributed by atoms with Crippen molar-refractivity contribution in [1.82, 2.24) is 10.3 Å². The first-order valence-electron chi connectivity index (χ1n) is 7.06. The van der Waals surface area contributed by atoms with Gasteiger partial charge in [-0.25, -0.2) is 0 Å². The van der Waals surface area contributed by atoms with Crippen molar-refractivity contribution < 1.29 is 9.47 Å². The highest BCUT2D eigenvalue weighted by Gasteiger charge is 2.15. The molecule has 4 heteroatoms. The highest BCUT2D eigenvalue weighted by Crippen LogP contribution is 2.31. The molecule has 0 saturated heterocycles. The molecule has 4 nitrogen and oxygen atoms in total. The van der Waals surface area contributed by atoms with Gasteiger partial charge in [0.05, 0.1) is 14.2 Å². The van der Waals surface area contributed by atoms with Crippen molar-refractivity contribution >= 4 is 0 Å². The fourth-order valence-corrected chi connectivity index (χ4v) is 2.42. The Bertz CT molecular complexity index is 558. The number of nitrogens with one attached hydrogen (secondary N) is 1. The van der Waals surface area contributed by atoms with Crippen molar-refractivity contribution in [3.05, 3.63) is 53.9 Å². The largest absolute Gasteiger partial charge is 0.497 e. The van der Waals surface area contributed by atoms with E-state index in [1.807, 2.05) is 31.4 Å². The minimum absolute atomic E-state index is 0.228. The fraction of sp³-hybridized carbons (Fsp3) is 0.353. The topological polar surface area (TPSA) is 43.4 Å². The third-order valence-electron chi connectivity index (χ3n) is 3.61. The molecule has 0 aliphatic carbocycles. The Hall–Kier alpha value is -2.07. The predicted octanol–water partition coefficient (Wildman–Crippen LogP) is 2.99. The lowest BCUT2D eigenvalue weighted by atomic mass is 9.98. The molecule has 0 fully saturated rings. The van der Waals surface area contributed by atoms with Crippen LogP contribution in [0.1, 0.15) is 23.6 Å². The molecule has 0 radical (unpaired) electrons. The maximum absolute atomic E-state index is 5.49. The van der Waals surface area contributed by atoms with Gasteiger partial charge in [-0.3, -0.25) is 4.98 Å². The second-order valence-electron chi connectivity index (χ2n) is 4.85.